The lowest BCUT2D eigenvalue weighted by Crippen LogP contribution is -2.33. The Bertz CT molecular complexity index is 478. The molecule has 2 atom stereocenters. The van der Waals surface area contributed by atoms with Crippen molar-refractivity contribution in [1.82, 2.24) is 0 Å². The summed E-state index contributed by atoms with van der Waals surface area (Å²) in [6.45, 7) is 0. The number of methoxy groups -OCH3 is 2. The number of esters is 2. The van der Waals surface area contributed by atoms with Gasteiger partial charge in [-0.05, 0) is 11.1 Å². The first kappa shape index (κ1) is 20.8. The average Bonchev–Trinajstić information content (AvgIpc) is 2.61. The molecule has 4 N–H and O–H groups in total. The fourth-order valence-electron chi connectivity index (χ4n) is 1.78. The molecule has 6 nitrogen and oxygen atoms in total. The second kappa shape index (κ2) is 11.4. The number of hydrogen-bond donors (Lipinski definition) is 2. The first-order chi connectivity index (χ1) is 11.5. The van der Waals surface area contributed by atoms with Gasteiger partial charge in [0.1, 0.15) is 12.1 Å². The molecule has 0 amide bonds. The number of rotatable bonds is 10. The van der Waals surface area contributed by atoms with Crippen LogP contribution in [0.1, 0.15) is 11.1 Å². The predicted molar refractivity (Wildman–Crippen MR) is 98.7 cm³/mol. The van der Waals surface area contributed by atoms with Gasteiger partial charge in [-0.1, -0.05) is 24.3 Å². The molecule has 0 radical (unpaired) electrons. The van der Waals surface area contributed by atoms with E-state index in [1.807, 2.05) is 24.3 Å². The molecule has 0 unspecified atom stereocenters. The smallest absolute Gasteiger partial charge is 0.323 e. The van der Waals surface area contributed by atoms with E-state index in [4.69, 9.17) is 11.5 Å². The van der Waals surface area contributed by atoms with Crippen LogP contribution in [0.15, 0.2) is 24.3 Å². The summed E-state index contributed by atoms with van der Waals surface area (Å²) in [6.07, 6.45) is 0. The van der Waals surface area contributed by atoms with E-state index in [1.54, 1.807) is 23.5 Å². The number of benzene rings is 1. The van der Waals surface area contributed by atoms with E-state index in [9.17, 15) is 9.59 Å². The number of ether oxygens (including phenoxy) is 2. The average molecular weight is 373 g/mol. The molecule has 0 fully saturated rings. The third-order valence-corrected chi connectivity index (χ3v) is 5.43. The predicted octanol–water partition coefficient (Wildman–Crippen LogP) is 1.15. The van der Waals surface area contributed by atoms with Crippen molar-refractivity contribution in [3.05, 3.63) is 35.4 Å². The Morgan fingerprint density at radius 1 is 0.875 bits per heavy atom. The minimum Gasteiger partial charge on any atom is -0.468 e. The maximum Gasteiger partial charge on any atom is 0.323 e. The largest absolute Gasteiger partial charge is 0.468 e. The van der Waals surface area contributed by atoms with Gasteiger partial charge in [0.25, 0.3) is 0 Å². The lowest BCUT2D eigenvalue weighted by atomic mass is 10.2. The molecule has 0 spiro atoms. The molecule has 0 aliphatic heterocycles. The molecule has 0 heterocycles. The fraction of sp³-hybridized carbons (Fsp3) is 0.500. The topological polar surface area (TPSA) is 105 Å². The zero-order valence-electron chi connectivity index (χ0n) is 13.9. The highest BCUT2D eigenvalue weighted by atomic mass is 32.2. The van der Waals surface area contributed by atoms with Crippen LogP contribution in [0.5, 0.6) is 0 Å². The number of thioether (sulfide) groups is 2. The maximum atomic E-state index is 11.2. The SMILES string of the molecule is COC(=O)[C@@H](N)CSCc1ccc(CSC[C@H](N)C(=O)OC)cc1. The van der Waals surface area contributed by atoms with Crippen molar-refractivity contribution >= 4 is 35.5 Å². The molecule has 8 heteroatoms. The summed E-state index contributed by atoms with van der Waals surface area (Å²) in [7, 11) is 2.67. The van der Waals surface area contributed by atoms with Crippen LogP contribution in [0, 0.1) is 0 Å². The number of carbonyl (C=O) groups is 2. The van der Waals surface area contributed by atoms with Crippen LogP contribution in [0.3, 0.4) is 0 Å². The molecule has 134 valence electrons. The molecule has 24 heavy (non-hydrogen) atoms. The molecule has 1 aromatic rings. The summed E-state index contributed by atoms with van der Waals surface area (Å²) in [4.78, 5) is 22.4. The first-order valence-electron chi connectivity index (χ1n) is 7.38. The van der Waals surface area contributed by atoms with Crippen molar-refractivity contribution in [3.63, 3.8) is 0 Å². The maximum absolute atomic E-state index is 11.2. The highest BCUT2D eigenvalue weighted by Gasteiger charge is 2.14. The summed E-state index contributed by atoms with van der Waals surface area (Å²) >= 11 is 3.19. The van der Waals surface area contributed by atoms with E-state index in [-0.39, 0.29) is 11.9 Å². The zero-order valence-corrected chi connectivity index (χ0v) is 15.5. The Balaban J connectivity index is 2.30. The molecular formula is C16H24N2O4S2. The van der Waals surface area contributed by atoms with Gasteiger partial charge >= 0.3 is 11.9 Å². The third-order valence-electron chi connectivity index (χ3n) is 3.16. The molecule has 0 bridgehead atoms. The van der Waals surface area contributed by atoms with Crippen molar-refractivity contribution in [3.8, 4) is 0 Å². The molecule has 0 saturated heterocycles. The third kappa shape index (κ3) is 7.57. The van der Waals surface area contributed by atoms with E-state index in [2.05, 4.69) is 9.47 Å². The Labute approximate surface area is 151 Å². The second-order valence-corrected chi connectivity index (χ2v) is 7.17. The van der Waals surface area contributed by atoms with Gasteiger partial charge in [-0.3, -0.25) is 9.59 Å². The van der Waals surface area contributed by atoms with Crippen LogP contribution in [0.25, 0.3) is 0 Å². The van der Waals surface area contributed by atoms with Crippen molar-refractivity contribution < 1.29 is 19.1 Å². The van der Waals surface area contributed by atoms with Gasteiger partial charge in [-0.2, -0.15) is 23.5 Å². The van der Waals surface area contributed by atoms with Crippen LogP contribution in [-0.2, 0) is 30.6 Å². The molecule has 1 rings (SSSR count). The van der Waals surface area contributed by atoms with Crippen molar-refractivity contribution in [2.75, 3.05) is 25.7 Å². The summed E-state index contributed by atoms with van der Waals surface area (Å²) in [5, 5.41) is 0. The van der Waals surface area contributed by atoms with Crippen LogP contribution in [-0.4, -0.2) is 49.7 Å². The quantitative estimate of drug-likeness (QED) is 0.590. The van der Waals surface area contributed by atoms with Gasteiger partial charge in [-0.15, -0.1) is 0 Å². The Hall–Kier alpha value is -1.22. The lowest BCUT2D eigenvalue weighted by Gasteiger charge is -2.10. The van der Waals surface area contributed by atoms with Crippen molar-refractivity contribution in [1.29, 1.82) is 0 Å². The fourth-order valence-corrected chi connectivity index (χ4v) is 3.65. The van der Waals surface area contributed by atoms with Gasteiger partial charge in [0.2, 0.25) is 0 Å². The van der Waals surface area contributed by atoms with E-state index < -0.39 is 12.1 Å². The number of nitrogens with two attached hydrogens (primary N) is 2. The highest BCUT2D eigenvalue weighted by Crippen LogP contribution is 2.17. The van der Waals surface area contributed by atoms with Gasteiger partial charge < -0.3 is 20.9 Å². The van der Waals surface area contributed by atoms with Gasteiger partial charge in [0, 0.05) is 23.0 Å². The van der Waals surface area contributed by atoms with Crippen molar-refractivity contribution in [2.24, 2.45) is 11.5 Å². The van der Waals surface area contributed by atoms with E-state index in [0.717, 1.165) is 22.6 Å². The van der Waals surface area contributed by atoms with E-state index in [1.165, 1.54) is 14.2 Å². The lowest BCUT2D eigenvalue weighted by molar-refractivity contribution is -0.142. The Morgan fingerprint density at radius 3 is 1.50 bits per heavy atom. The first-order valence-corrected chi connectivity index (χ1v) is 9.69. The molecular weight excluding hydrogens is 348 g/mol. The minimum absolute atomic E-state index is 0.389. The van der Waals surface area contributed by atoms with Crippen LogP contribution in [0.4, 0.5) is 0 Å². The Morgan fingerprint density at radius 2 is 1.21 bits per heavy atom. The highest BCUT2D eigenvalue weighted by molar-refractivity contribution is 7.98. The minimum atomic E-state index is -0.588. The summed E-state index contributed by atoms with van der Waals surface area (Å²) in [6, 6.07) is 7.02. The normalized spacial score (nSPS) is 13.2. The molecule has 0 aliphatic carbocycles. The summed E-state index contributed by atoms with van der Waals surface area (Å²) < 4.78 is 9.18. The monoisotopic (exact) mass is 372 g/mol. The molecule has 0 aromatic heterocycles. The van der Waals surface area contributed by atoms with Crippen molar-refractivity contribution in [2.45, 2.75) is 23.6 Å². The second-order valence-electron chi connectivity index (χ2n) is 5.11. The van der Waals surface area contributed by atoms with Gasteiger partial charge in [-0.25, -0.2) is 0 Å². The molecule has 1 aromatic carbocycles. The molecule has 0 aliphatic rings. The number of hydrogen-bond acceptors (Lipinski definition) is 8. The summed E-state index contributed by atoms with van der Waals surface area (Å²) in [5.74, 6) is 1.84. The van der Waals surface area contributed by atoms with Crippen LogP contribution >= 0.6 is 23.5 Å². The Kier molecular flexibility index (Phi) is 9.85. The zero-order chi connectivity index (χ0) is 17.9. The van der Waals surface area contributed by atoms with E-state index >= 15 is 0 Å². The van der Waals surface area contributed by atoms with Gasteiger partial charge in [0.15, 0.2) is 0 Å². The van der Waals surface area contributed by atoms with Crippen LogP contribution in [0.2, 0.25) is 0 Å². The standard InChI is InChI=1S/C16H24N2O4S2/c1-21-15(19)13(17)9-23-7-11-3-5-12(6-4-11)8-24-10-14(18)16(20)22-2/h3-6,13-14H,7-10,17-18H2,1-2H3/t13-,14-/m0/s1. The summed E-state index contributed by atoms with van der Waals surface area (Å²) in [5.41, 5.74) is 13.7. The van der Waals surface area contributed by atoms with E-state index in [0.29, 0.717) is 11.5 Å². The van der Waals surface area contributed by atoms with Gasteiger partial charge in [0.05, 0.1) is 14.2 Å². The number of carbonyl (C=O) groups excluding carboxylic acids is 2. The van der Waals surface area contributed by atoms with Crippen LogP contribution < -0.4 is 11.5 Å². The molecule has 0 saturated carbocycles.